The molecule has 0 fully saturated rings. The Balaban J connectivity index is 3.47. The van der Waals surface area contributed by atoms with E-state index in [2.05, 4.69) is 11.9 Å². The highest BCUT2D eigenvalue weighted by molar-refractivity contribution is 5.77. The van der Waals surface area contributed by atoms with Gasteiger partial charge in [0.15, 0.2) is 0 Å². The maximum absolute atomic E-state index is 11.5. The van der Waals surface area contributed by atoms with E-state index in [0.29, 0.717) is 19.4 Å². The summed E-state index contributed by atoms with van der Waals surface area (Å²) in [5, 5.41) is 12.3. The number of carbonyl (C=O) groups is 2. The van der Waals surface area contributed by atoms with Crippen LogP contribution in [0.3, 0.4) is 0 Å². The third kappa shape index (κ3) is 14.4. The van der Waals surface area contributed by atoms with Crippen molar-refractivity contribution < 1.29 is 14.7 Å². The first kappa shape index (κ1) is 19.2. The molecule has 0 aliphatic rings. The number of nitrogens with one attached hydrogen (secondary N) is 1. The van der Waals surface area contributed by atoms with Gasteiger partial charge in [0.2, 0.25) is 11.8 Å². The van der Waals surface area contributed by atoms with Crippen molar-refractivity contribution >= 4 is 11.8 Å². The Kier molecular flexibility index (Phi) is 12.1. The Bertz CT molecular complexity index is 351. The summed E-state index contributed by atoms with van der Waals surface area (Å²) in [5.74, 6) is -0.292. The number of nitrogens with two attached hydrogens (primary N) is 1. The third-order valence-electron chi connectivity index (χ3n) is 3.01. The number of carbonyl (C=O) groups excluding carboxylic acids is 2. The van der Waals surface area contributed by atoms with Gasteiger partial charge < -0.3 is 16.2 Å². The smallest absolute Gasteiger partial charge is 0.227 e. The summed E-state index contributed by atoms with van der Waals surface area (Å²) in [6.45, 7) is 4.21. The van der Waals surface area contributed by atoms with Gasteiger partial charge in [0.05, 0.1) is 12.2 Å². The molecule has 0 aliphatic carbocycles. The lowest BCUT2D eigenvalue weighted by molar-refractivity contribution is -0.121. The summed E-state index contributed by atoms with van der Waals surface area (Å²) in [7, 11) is 0. The predicted octanol–water partition coefficient (Wildman–Crippen LogP) is 2.73. The van der Waals surface area contributed by atoms with E-state index in [1.54, 1.807) is 12.2 Å². The van der Waals surface area contributed by atoms with Crippen LogP contribution in [0.2, 0.25) is 0 Å². The van der Waals surface area contributed by atoms with Crippen LogP contribution in [0.25, 0.3) is 0 Å². The first-order valence-electron chi connectivity index (χ1n) is 7.60. The maximum atomic E-state index is 11.5. The van der Waals surface area contributed by atoms with E-state index in [1.165, 1.54) is 0 Å². The molecule has 0 heterocycles. The average molecular weight is 296 g/mol. The van der Waals surface area contributed by atoms with Gasteiger partial charge in [0.25, 0.3) is 0 Å². The van der Waals surface area contributed by atoms with Crippen LogP contribution in [-0.2, 0) is 9.59 Å². The molecule has 0 saturated carbocycles. The second-order valence-corrected chi connectivity index (χ2v) is 5.07. The highest BCUT2D eigenvalue weighted by atomic mass is 16.3. The van der Waals surface area contributed by atoms with E-state index < -0.39 is 0 Å². The van der Waals surface area contributed by atoms with Crippen LogP contribution >= 0.6 is 0 Å². The van der Waals surface area contributed by atoms with Crippen molar-refractivity contribution in [2.24, 2.45) is 5.73 Å². The molecule has 0 unspecified atom stereocenters. The monoisotopic (exact) mass is 296 g/mol. The quantitative estimate of drug-likeness (QED) is 0.277. The molecular formula is C16H28N2O3. The minimum atomic E-state index is -0.247. The number of allylic oxidation sites excluding steroid dienone is 2. The van der Waals surface area contributed by atoms with Gasteiger partial charge in [-0.15, -0.1) is 6.58 Å². The molecular weight excluding hydrogens is 268 g/mol. The Labute approximate surface area is 127 Å². The Morgan fingerprint density at radius 1 is 1.10 bits per heavy atom. The Morgan fingerprint density at radius 2 is 1.76 bits per heavy atom. The lowest BCUT2D eigenvalue weighted by Gasteiger charge is -2.05. The molecule has 120 valence electrons. The number of amides is 2. The van der Waals surface area contributed by atoms with E-state index >= 15 is 0 Å². The summed E-state index contributed by atoms with van der Waals surface area (Å²) < 4.78 is 0. The molecule has 5 heteroatoms. The number of hydrogen-bond acceptors (Lipinski definition) is 3. The van der Waals surface area contributed by atoms with Gasteiger partial charge in [0.1, 0.15) is 0 Å². The van der Waals surface area contributed by atoms with Crippen molar-refractivity contribution in [3.8, 4) is 0 Å². The number of rotatable bonds is 13. The van der Waals surface area contributed by atoms with Gasteiger partial charge in [-0.25, -0.2) is 0 Å². The molecule has 0 bridgehead atoms. The Morgan fingerprint density at radius 3 is 2.43 bits per heavy atom. The summed E-state index contributed by atoms with van der Waals surface area (Å²) in [6.07, 6.45) is 10.2. The summed E-state index contributed by atoms with van der Waals surface area (Å²) in [4.78, 5) is 22.0. The molecule has 0 saturated heterocycles. The van der Waals surface area contributed by atoms with Crippen LogP contribution in [0.5, 0.6) is 0 Å². The van der Waals surface area contributed by atoms with Crippen molar-refractivity contribution in [2.75, 3.05) is 6.54 Å². The van der Waals surface area contributed by atoms with Crippen molar-refractivity contribution in [1.82, 2.24) is 5.32 Å². The van der Waals surface area contributed by atoms with E-state index in [9.17, 15) is 14.7 Å². The van der Waals surface area contributed by atoms with Crippen LogP contribution in [-0.4, -0.2) is 23.5 Å². The molecule has 0 radical (unpaired) electrons. The van der Waals surface area contributed by atoms with Crippen molar-refractivity contribution in [1.29, 1.82) is 0 Å². The summed E-state index contributed by atoms with van der Waals surface area (Å²) >= 11 is 0. The highest BCUT2D eigenvalue weighted by Crippen LogP contribution is 2.05. The molecule has 21 heavy (non-hydrogen) atoms. The van der Waals surface area contributed by atoms with Gasteiger partial charge in [-0.3, -0.25) is 9.59 Å². The third-order valence-corrected chi connectivity index (χ3v) is 3.01. The zero-order chi connectivity index (χ0) is 15.9. The topological polar surface area (TPSA) is 92.4 Å². The largest absolute Gasteiger partial charge is 0.512 e. The fourth-order valence-electron chi connectivity index (χ4n) is 1.85. The summed E-state index contributed by atoms with van der Waals surface area (Å²) in [6, 6.07) is 0. The standard InChI is InChI=1S/C16H28N2O3/c1-2-3-7-10-14(19)13-16(21)18-12-9-6-4-5-8-11-15(17)20/h2,10,19H,1,3-9,11-13H2,(H2,17,20)(H,18,21)/b14-10+. The molecule has 5 nitrogen and oxygen atoms in total. The van der Waals surface area contributed by atoms with E-state index in [0.717, 1.165) is 38.5 Å². The van der Waals surface area contributed by atoms with Gasteiger partial charge in [0, 0.05) is 13.0 Å². The fourth-order valence-corrected chi connectivity index (χ4v) is 1.85. The summed E-state index contributed by atoms with van der Waals surface area (Å²) in [5.41, 5.74) is 5.05. The van der Waals surface area contributed by atoms with Gasteiger partial charge in [-0.1, -0.05) is 25.3 Å². The maximum Gasteiger partial charge on any atom is 0.227 e. The van der Waals surface area contributed by atoms with Crippen LogP contribution in [0.15, 0.2) is 24.5 Å². The van der Waals surface area contributed by atoms with Crippen molar-refractivity contribution in [3.63, 3.8) is 0 Å². The molecule has 0 aromatic rings. The lowest BCUT2D eigenvalue weighted by Crippen LogP contribution is -2.24. The number of aliphatic hydroxyl groups is 1. The van der Waals surface area contributed by atoms with Crippen LogP contribution < -0.4 is 11.1 Å². The fraction of sp³-hybridized carbons (Fsp3) is 0.625. The van der Waals surface area contributed by atoms with E-state index in [1.807, 2.05) is 0 Å². The van der Waals surface area contributed by atoms with Crippen LogP contribution in [0.4, 0.5) is 0 Å². The van der Waals surface area contributed by atoms with Gasteiger partial charge in [-0.05, 0) is 31.8 Å². The number of primary amides is 1. The molecule has 0 atom stereocenters. The Hall–Kier alpha value is -1.78. The van der Waals surface area contributed by atoms with Crippen LogP contribution in [0.1, 0.15) is 57.8 Å². The molecule has 0 aromatic carbocycles. The first-order valence-corrected chi connectivity index (χ1v) is 7.60. The number of aliphatic hydroxyl groups excluding tert-OH is 1. The number of hydrogen-bond donors (Lipinski definition) is 3. The zero-order valence-electron chi connectivity index (χ0n) is 12.8. The van der Waals surface area contributed by atoms with Crippen molar-refractivity contribution in [3.05, 3.63) is 24.5 Å². The molecule has 0 rings (SSSR count). The highest BCUT2D eigenvalue weighted by Gasteiger charge is 2.03. The molecule has 0 aromatic heterocycles. The molecule has 0 spiro atoms. The first-order chi connectivity index (χ1) is 10.1. The average Bonchev–Trinajstić information content (AvgIpc) is 2.41. The SMILES string of the molecule is C=CCC/C=C(/O)CC(=O)NCCCCCCCC(N)=O. The van der Waals surface area contributed by atoms with Crippen LogP contribution in [0, 0.1) is 0 Å². The lowest BCUT2D eigenvalue weighted by atomic mass is 10.1. The van der Waals surface area contributed by atoms with Gasteiger partial charge >= 0.3 is 0 Å². The second-order valence-electron chi connectivity index (χ2n) is 5.07. The molecule has 2 amide bonds. The van der Waals surface area contributed by atoms with Gasteiger partial charge in [-0.2, -0.15) is 0 Å². The normalized spacial score (nSPS) is 11.1. The van der Waals surface area contributed by atoms with Crippen molar-refractivity contribution in [2.45, 2.75) is 57.8 Å². The van der Waals surface area contributed by atoms with E-state index in [4.69, 9.17) is 5.73 Å². The molecule has 4 N–H and O–H groups in total. The number of unbranched alkanes of at least 4 members (excludes halogenated alkanes) is 5. The minimum absolute atomic E-state index is 0.0375. The zero-order valence-corrected chi connectivity index (χ0v) is 12.8. The second kappa shape index (κ2) is 13.2. The van der Waals surface area contributed by atoms with E-state index in [-0.39, 0.29) is 24.0 Å². The minimum Gasteiger partial charge on any atom is -0.512 e. The predicted molar refractivity (Wildman–Crippen MR) is 84.7 cm³/mol. The molecule has 0 aliphatic heterocycles.